The summed E-state index contributed by atoms with van der Waals surface area (Å²) >= 11 is 0. The maximum atomic E-state index is 11.3. The highest BCUT2D eigenvalue weighted by Gasteiger charge is 2.04. The number of nitrogens with one attached hydrogen (secondary N) is 1. The van der Waals surface area contributed by atoms with Gasteiger partial charge in [-0.3, -0.25) is 4.79 Å². The summed E-state index contributed by atoms with van der Waals surface area (Å²) < 4.78 is 0. The smallest absolute Gasteiger partial charge is 0.222 e. The van der Waals surface area contributed by atoms with Gasteiger partial charge in [-0.25, -0.2) is 0 Å². The molecule has 0 spiro atoms. The second-order valence-electron chi connectivity index (χ2n) is 5.63. The standard InChI is InChI=1S/C16H33NO/c1-4-5-6-7-8-9-10-11-12-13-14-17-16(18)15(2)3/h15H,4-14H2,1-3H3,(H,17,18). The molecule has 0 atom stereocenters. The molecular weight excluding hydrogens is 222 g/mol. The highest BCUT2D eigenvalue weighted by atomic mass is 16.1. The van der Waals surface area contributed by atoms with Crippen molar-refractivity contribution in [2.45, 2.75) is 85.0 Å². The molecule has 0 saturated heterocycles. The number of amides is 1. The first-order valence-corrected chi connectivity index (χ1v) is 7.96. The zero-order valence-electron chi connectivity index (χ0n) is 12.8. The fourth-order valence-electron chi connectivity index (χ4n) is 2.03. The Kier molecular flexibility index (Phi) is 12.5. The van der Waals surface area contributed by atoms with Crippen molar-refractivity contribution in [3.63, 3.8) is 0 Å². The van der Waals surface area contributed by atoms with Crippen LogP contribution in [-0.2, 0) is 4.79 Å². The number of hydrogen-bond donors (Lipinski definition) is 1. The average Bonchev–Trinajstić information content (AvgIpc) is 2.35. The van der Waals surface area contributed by atoms with Gasteiger partial charge in [0, 0.05) is 12.5 Å². The van der Waals surface area contributed by atoms with Gasteiger partial charge in [-0.15, -0.1) is 0 Å². The lowest BCUT2D eigenvalue weighted by Crippen LogP contribution is -2.28. The highest BCUT2D eigenvalue weighted by molar-refractivity contribution is 5.77. The van der Waals surface area contributed by atoms with Gasteiger partial charge < -0.3 is 5.32 Å². The molecule has 0 fully saturated rings. The van der Waals surface area contributed by atoms with Crippen LogP contribution in [-0.4, -0.2) is 12.5 Å². The van der Waals surface area contributed by atoms with Gasteiger partial charge >= 0.3 is 0 Å². The van der Waals surface area contributed by atoms with Crippen LogP contribution in [0.2, 0.25) is 0 Å². The second kappa shape index (κ2) is 12.9. The van der Waals surface area contributed by atoms with Crippen molar-refractivity contribution in [2.24, 2.45) is 5.92 Å². The zero-order valence-corrected chi connectivity index (χ0v) is 12.8. The Morgan fingerprint density at radius 2 is 1.28 bits per heavy atom. The summed E-state index contributed by atoms with van der Waals surface area (Å²) in [4.78, 5) is 11.3. The molecule has 2 heteroatoms. The summed E-state index contributed by atoms with van der Waals surface area (Å²) in [6.45, 7) is 6.99. The highest BCUT2D eigenvalue weighted by Crippen LogP contribution is 2.10. The number of rotatable bonds is 12. The third-order valence-corrected chi connectivity index (χ3v) is 3.35. The van der Waals surface area contributed by atoms with Gasteiger partial charge in [0.2, 0.25) is 5.91 Å². The molecule has 0 unspecified atom stereocenters. The molecular formula is C16H33NO. The van der Waals surface area contributed by atoms with E-state index < -0.39 is 0 Å². The summed E-state index contributed by atoms with van der Waals surface area (Å²) in [5.74, 6) is 0.305. The summed E-state index contributed by atoms with van der Waals surface area (Å²) in [5, 5.41) is 2.97. The lowest BCUT2D eigenvalue weighted by atomic mass is 10.1. The largest absolute Gasteiger partial charge is 0.356 e. The van der Waals surface area contributed by atoms with Crippen molar-refractivity contribution in [3.8, 4) is 0 Å². The third kappa shape index (κ3) is 11.9. The van der Waals surface area contributed by atoms with Crippen LogP contribution in [0.25, 0.3) is 0 Å². The Bertz CT molecular complexity index is 190. The maximum Gasteiger partial charge on any atom is 0.222 e. The van der Waals surface area contributed by atoms with Gasteiger partial charge in [-0.1, -0.05) is 78.6 Å². The maximum absolute atomic E-state index is 11.3. The lowest BCUT2D eigenvalue weighted by Gasteiger charge is -2.07. The SMILES string of the molecule is CCCCCCCCCCCCNC(=O)C(C)C. The van der Waals surface area contributed by atoms with E-state index in [0.717, 1.165) is 13.0 Å². The average molecular weight is 255 g/mol. The van der Waals surface area contributed by atoms with Crippen molar-refractivity contribution < 1.29 is 4.79 Å². The van der Waals surface area contributed by atoms with E-state index in [-0.39, 0.29) is 11.8 Å². The van der Waals surface area contributed by atoms with E-state index >= 15 is 0 Å². The molecule has 0 aromatic heterocycles. The molecule has 2 nitrogen and oxygen atoms in total. The van der Waals surface area contributed by atoms with Crippen LogP contribution in [0.15, 0.2) is 0 Å². The van der Waals surface area contributed by atoms with Crippen LogP contribution >= 0.6 is 0 Å². The van der Waals surface area contributed by atoms with E-state index in [1.54, 1.807) is 0 Å². The fraction of sp³-hybridized carbons (Fsp3) is 0.938. The Morgan fingerprint density at radius 1 is 0.833 bits per heavy atom. The first-order valence-electron chi connectivity index (χ1n) is 7.96. The van der Waals surface area contributed by atoms with Crippen molar-refractivity contribution in [1.29, 1.82) is 0 Å². The molecule has 1 amide bonds. The van der Waals surface area contributed by atoms with Crippen molar-refractivity contribution in [2.75, 3.05) is 6.54 Å². The molecule has 0 aliphatic carbocycles. The molecule has 108 valence electrons. The first kappa shape index (κ1) is 17.5. The third-order valence-electron chi connectivity index (χ3n) is 3.35. The number of carbonyl (C=O) groups excluding carboxylic acids is 1. The minimum absolute atomic E-state index is 0.119. The van der Waals surface area contributed by atoms with Gasteiger partial charge in [-0.05, 0) is 6.42 Å². The Hall–Kier alpha value is -0.530. The van der Waals surface area contributed by atoms with Crippen molar-refractivity contribution in [1.82, 2.24) is 5.32 Å². The number of unbranched alkanes of at least 4 members (excludes halogenated alkanes) is 9. The van der Waals surface area contributed by atoms with Crippen molar-refractivity contribution in [3.05, 3.63) is 0 Å². The molecule has 0 radical (unpaired) electrons. The molecule has 0 aromatic carbocycles. The summed E-state index contributed by atoms with van der Waals surface area (Å²) in [7, 11) is 0. The van der Waals surface area contributed by atoms with E-state index in [1.807, 2.05) is 13.8 Å². The Balaban J connectivity index is 3.05. The predicted molar refractivity (Wildman–Crippen MR) is 79.7 cm³/mol. The fourth-order valence-corrected chi connectivity index (χ4v) is 2.03. The van der Waals surface area contributed by atoms with E-state index in [1.165, 1.54) is 57.8 Å². The molecule has 0 heterocycles. The molecule has 0 bridgehead atoms. The first-order chi connectivity index (χ1) is 8.68. The van der Waals surface area contributed by atoms with Gasteiger partial charge in [-0.2, -0.15) is 0 Å². The Morgan fingerprint density at radius 3 is 1.72 bits per heavy atom. The van der Waals surface area contributed by atoms with Gasteiger partial charge in [0.1, 0.15) is 0 Å². The molecule has 18 heavy (non-hydrogen) atoms. The minimum Gasteiger partial charge on any atom is -0.356 e. The molecule has 0 aliphatic rings. The van der Waals surface area contributed by atoms with Gasteiger partial charge in [0.25, 0.3) is 0 Å². The quantitative estimate of drug-likeness (QED) is 0.504. The van der Waals surface area contributed by atoms with E-state index in [0.29, 0.717) is 0 Å². The van der Waals surface area contributed by atoms with Crippen LogP contribution in [0, 0.1) is 5.92 Å². The summed E-state index contributed by atoms with van der Waals surface area (Å²) in [5.41, 5.74) is 0. The molecule has 0 aliphatic heterocycles. The number of hydrogen-bond acceptors (Lipinski definition) is 1. The second-order valence-corrected chi connectivity index (χ2v) is 5.63. The predicted octanol–water partition coefficient (Wildman–Crippen LogP) is 4.68. The van der Waals surface area contributed by atoms with Gasteiger partial charge in [0.05, 0.1) is 0 Å². The van der Waals surface area contributed by atoms with E-state index in [9.17, 15) is 4.79 Å². The van der Waals surface area contributed by atoms with E-state index in [4.69, 9.17) is 0 Å². The lowest BCUT2D eigenvalue weighted by molar-refractivity contribution is -0.123. The molecule has 0 aromatic rings. The molecule has 0 rings (SSSR count). The van der Waals surface area contributed by atoms with Crippen LogP contribution in [0.3, 0.4) is 0 Å². The van der Waals surface area contributed by atoms with Crippen LogP contribution < -0.4 is 5.32 Å². The van der Waals surface area contributed by atoms with Crippen LogP contribution in [0.1, 0.15) is 85.0 Å². The van der Waals surface area contributed by atoms with Gasteiger partial charge in [0.15, 0.2) is 0 Å². The number of carbonyl (C=O) groups is 1. The normalized spacial score (nSPS) is 10.9. The topological polar surface area (TPSA) is 29.1 Å². The van der Waals surface area contributed by atoms with Crippen LogP contribution in [0.5, 0.6) is 0 Å². The molecule has 0 saturated carbocycles. The van der Waals surface area contributed by atoms with E-state index in [2.05, 4.69) is 12.2 Å². The minimum atomic E-state index is 0.119. The summed E-state index contributed by atoms with van der Waals surface area (Å²) in [6.07, 6.45) is 13.4. The van der Waals surface area contributed by atoms with Crippen LogP contribution in [0.4, 0.5) is 0 Å². The Labute approximate surface area is 114 Å². The molecule has 1 N–H and O–H groups in total. The van der Waals surface area contributed by atoms with Crippen molar-refractivity contribution >= 4 is 5.91 Å². The summed E-state index contributed by atoms with van der Waals surface area (Å²) in [6, 6.07) is 0. The zero-order chi connectivity index (χ0) is 13.6. The monoisotopic (exact) mass is 255 g/mol.